The fourth-order valence-electron chi connectivity index (χ4n) is 2.25. The average molecular weight is 249 g/mol. The van der Waals surface area contributed by atoms with Crippen molar-refractivity contribution in [3.63, 3.8) is 0 Å². The molecule has 1 aromatic rings. The highest BCUT2D eigenvalue weighted by Gasteiger charge is 2.14. The molecule has 18 heavy (non-hydrogen) atoms. The molecule has 1 heterocycles. The van der Waals surface area contributed by atoms with E-state index in [9.17, 15) is 4.79 Å². The number of nitrogens with zero attached hydrogens (tertiary/aromatic N) is 2. The molecule has 0 aliphatic heterocycles. The first-order valence-corrected chi connectivity index (χ1v) is 6.47. The number of carbonyl (C=O) groups is 1. The van der Waals surface area contributed by atoms with Crippen LogP contribution >= 0.6 is 0 Å². The molecule has 5 heteroatoms. The molecule has 1 N–H and O–H groups in total. The third kappa shape index (κ3) is 3.42. The predicted molar refractivity (Wildman–Crippen MR) is 68.5 cm³/mol. The van der Waals surface area contributed by atoms with Crippen LogP contribution in [0.5, 0.6) is 0 Å². The molecule has 0 amide bonds. The molecule has 0 bridgehead atoms. The molecular weight excluding hydrogens is 230 g/mol. The van der Waals surface area contributed by atoms with Crippen molar-refractivity contribution in [2.75, 3.05) is 12.4 Å². The summed E-state index contributed by atoms with van der Waals surface area (Å²) in [4.78, 5) is 19.7. The molecule has 1 aromatic heterocycles. The van der Waals surface area contributed by atoms with E-state index in [-0.39, 0.29) is 0 Å². The second kappa shape index (κ2) is 6.33. The van der Waals surface area contributed by atoms with Crippen LogP contribution in [0.25, 0.3) is 0 Å². The van der Waals surface area contributed by atoms with Gasteiger partial charge in [0.15, 0.2) is 5.69 Å². The number of esters is 1. The van der Waals surface area contributed by atoms with E-state index in [0.29, 0.717) is 17.7 Å². The molecule has 0 spiro atoms. The van der Waals surface area contributed by atoms with Crippen molar-refractivity contribution in [1.29, 1.82) is 0 Å². The maximum Gasteiger partial charge on any atom is 0.356 e. The molecule has 2 rings (SSSR count). The topological polar surface area (TPSA) is 64.1 Å². The Hall–Kier alpha value is -1.65. The Bertz CT molecular complexity index is 401. The highest BCUT2D eigenvalue weighted by Crippen LogP contribution is 2.19. The number of anilines is 1. The molecule has 1 aliphatic carbocycles. The Kier molecular flexibility index (Phi) is 4.50. The van der Waals surface area contributed by atoms with Crippen LogP contribution in [0.2, 0.25) is 0 Å². The van der Waals surface area contributed by atoms with Gasteiger partial charge in [0.05, 0.1) is 7.11 Å². The monoisotopic (exact) mass is 249 g/mol. The summed E-state index contributed by atoms with van der Waals surface area (Å²) >= 11 is 0. The zero-order chi connectivity index (χ0) is 12.8. The molecule has 5 nitrogen and oxygen atoms in total. The summed E-state index contributed by atoms with van der Waals surface area (Å²) in [7, 11) is 1.35. The van der Waals surface area contributed by atoms with Crippen molar-refractivity contribution in [3.05, 3.63) is 18.0 Å². The summed E-state index contributed by atoms with van der Waals surface area (Å²) in [6, 6.07) is 1.98. The quantitative estimate of drug-likeness (QED) is 0.658. The second-order valence-corrected chi connectivity index (χ2v) is 4.59. The zero-order valence-electron chi connectivity index (χ0n) is 10.7. The van der Waals surface area contributed by atoms with Gasteiger partial charge in [-0.3, -0.25) is 0 Å². The molecular formula is C13H19N3O2. The number of ether oxygens (including phenoxy) is 1. The van der Waals surface area contributed by atoms with Crippen molar-refractivity contribution in [2.24, 2.45) is 0 Å². The largest absolute Gasteiger partial charge is 0.464 e. The van der Waals surface area contributed by atoms with Crippen LogP contribution in [0.1, 0.15) is 49.0 Å². The highest BCUT2D eigenvalue weighted by molar-refractivity contribution is 5.87. The third-order valence-corrected chi connectivity index (χ3v) is 3.24. The minimum Gasteiger partial charge on any atom is -0.464 e. The molecule has 0 radical (unpaired) electrons. The molecule has 0 saturated heterocycles. The van der Waals surface area contributed by atoms with Crippen molar-refractivity contribution < 1.29 is 9.53 Å². The van der Waals surface area contributed by atoms with Gasteiger partial charge in [0.25, 0.3) is 0 Å². The maximum absolute atomic E-state index is 11.4. The first-order chi connectivity index (χ1) is 8.79. The third-order valence-electron chi connectivity index (χ3n) is 3.24. The molecule has 0 aromatic carbocycles. The number of methoxy groups -OCH3 is 1. The summed E-state index contributed by atoms with van der Waals surface area (Å²) < 4.78 is 4.64. The summed E-state index contributed by atoms with van der Waals surface area (Å²) in [6.07, 6.45) is 8.97. The van der Waals surface area contributed by atoms with Crippen LogP contribution in [0.15, 0.2) is 12.3 Å². The first-order valence-electron chi connectivity index (χ1n) is 6.47. The summed E-state index contributed by atoms with van der Waals surface area (Å²) in [5.74, 6) is 0.0890. The average Bonchev–Trinajstić information content (AvgIpc) is 2.67. The smallest absolute Gasteiger partial charge is 0.356 e. The Balaban J connectivity index is 2.01. The number of hydrogen-bond donors (Lipinski definition) is 1. The maximum atomic E-state index is 11.4. The van der Waals surface area contributed by atoms with Crippen molar-refractivity contribution in [1.82, 2.24) is 9.97 Å². The van der Waals surface area contributed by atoms with E-state index >= 15 is 0 Å². The van der Waals surface area contributed by atoms with Crippen LogP contribution in [-0.2, 0) is 4.74 Å². The van der Waals surface area contributed by atoms with Crippen LogP contribution in [0.3, 0.4) is 0 Å². The van der Waals surface area contributed by atoms with Gasteiger partial charge >= 0.3 is 5.97 Å². The number of rotatable bonds is 3. The zero-order valence-corrected chi connectivity index (χ0v) is 10.7. The Morgan fingerprint density at radius 2 is 2.06 bits per heavy atom. The van der Waals surface area contributed by atoms with Gasteiger partial charge in [0.2, 0.25) is 5.95 Å². The molecule has 98 valence electrons. The van der Waals surface area contributed by atoms with E-state index in [0.717, 1.165) is 12.8 Å². The minimum absolute atomic E-state index is 0.295. The predicted octanol–water partition coefficient (Wildman–Crippen LogP) is 2.40. The van der Waals surface area contributed by atoms with Gasteiger partial charge in [0, 0.05) is 12.2 Å². The van der Waals surface area contributed by atoms with Gasteiger partial charge in [-0.25, -0.2) is 14.8 Å². The van der Waals surface area contributed by atoms with Crippen LogP contribution in [-0.4, -0.2) is 29.1 Å². The van der Waals surface area contributed by atoms with E-state index in [4.69, 9.17) is 0 Å². The Morgan fingerprint density at radius 3 is 2.72 bits per heavy atom. The highest BCUT2D eigenvalue weighted by atomic mass is 16.5. The molecule has 0 atom stereocenters. The van der Waals surface area contributed by atoms with Crippen molar-refractivity contribution in [3.8, 4) is 0 Å². The normalized spacial score (nSPS) is 16.9. The van der Waals surface area contributed by atoms with Gasteiger partial charge in [-0.05, 0) is 18.9 Å². The van der Waals surface area contributed by atoms with E-state index in [1.54, 1.807) is 12.3 Å². The molecule has 1 aliphatic rings. The number of aromatic nitrogens is 2. The van der Waals surface area contributed by atoms with Crippen molar-refractivity contribution >= 4 is 11.9 Å². The number of carbonyl (C=O) groups excluding carboxylic acids is 1. The van der Waals surface area contributed by atoms with E-state index in [2.05, 4.69) is 20.0 Å². The SMILES string of the molecule is COC(=O)c1ccnc(NC2CCCCCC2)n1. The summed E-state index contributed by atoms with van der Waals surface area (Å²) in [5, 5.41) is 3.31. The van der Waals surface area contributed by atoms with Gasteiger partial charge < -0.3 is 10.1 Å². The lowest BCUT2D eigenvalue weighted by atomic mass is 10.1. The second-order valence-electron chi connectivity index (χ2n) is 4.59. The first kappa shape index (κ1) is 12.8. The van der Waals surface area contributed by atoms with Crippen LogP contribution in [0, 0.1) is 0 Å². The fourth-order valence-corrected chi connectivity index (χ4v) is 2.25. The van der Waals surface area contributed by atoms with Gasteiger partial charge in [-0.15, -0.1) is 0 Å². The standard InChI is InChI=1S/C13H19N3O2/c1-18-12(17)11-8-9-14-13(16-11)15-10-6-4-2-3-5-7-10/h8-10H,2-7H2,1H3,(H,14,15,16). The van der Waals surface area contributed by atoms with Crippen LogP contribution < -0.4 is 5.32 Å². The Morgan fingerprint density at radius 1 is 1.33 bits per heavy atom. The molecule has 1 fully saturated rings. The van der Waals surface area contributed by atoms with Gasteiger partial charge in [-0.2, -0.15) is 0 Å². The summed E-state index contributed by atoms with van der Waals surface area (Å²) in [6.45, 7) is 0. The lowest BCUT2D eigenvalue weighted by Gasteiger charge is -2.16. The van der Waals surface area contributed by atoms with Gasteiger partial charge in [-0.1, -0.05) is 25.7 Å². The lowest BCUT2D eigenvalue weighted by Crippen LogP contribution is -2.20. The van der Waals surface area contributed by atoms with Gasteiger partial charge in [0.1, 0.15) is 0 Å². The molecule has 1 saturated carbocycles. The summed E-state index contributed by atoms with van der Waals surface area (Å²) in [5.41, 5.74) is 0.295. The fraction of sp³-hybridized carbons (Fsp3) is 0.615. The number of nitrogens with one attached hydrogen (secondary N) is 1. The molecule has 0 unspecified atom stereocenters. The van der Waals surface area contributed by atoms with E-state index < -0.39 is 5.97 Å². The van der Waals surface area contributed by atoms with Crippen molar-refractivity contribution in [2.45, 2.75) is 44.6 Å². The van der Waals surface area contributed by atoms with Crippen LogP contribution in [0.4, 0.5) is 5.95 Å². The van der Waals surface area contributed by atoms with E-state index in [1.807, 2.05) is 0 Å². The Labute approximate surface area is 107 Å². The number of hydrogen-bond acceptors (Lipinski definition) is 5. The lowest BCUT2D eigenvalue weighted by molar-refractivity contribution is 0.0594. The van der Waals surface area contributed by atoms with E-state index in [1.165, 1.54) is 32.8 Å². The minimum atomic E-state index is -0.429.